The summed E-state index contributed by atoms with van der Waals surface area (Å²) < 4.78 is 0. The van der Waals surface area contributed by atoms with E-state index in [1.54, 1.807) is 4.90 Å². The maximum Gasteiger partial charge on any atom is 0.170 e. The van der Waals surface area contributed by atoms with Gasteiger partial charge >= 0.3 is 0 Å². The van der Waals surface area contributed by atoms with Crippen molar-refractivity contribution in [2.24, 2.45) is 0 Å². The Morgan fingerprint density at radius 1 is 1.42 bits per heavy atom. The normalized spacial score (nSPS) is 22.2. The molecule has 1 aromatic carbocycles. The Balaban J connectivity index is 1.77. The Hall–Kier alpha value is -0.840. The van der Waals surface area contributed by atoms with Gasteiger partial charge in [-0.1, -0.05) is 11.6 Å². The van der Waals surface area contributed by atoms with Crippen LogP contribution in [-0.4, -0.2) is 30.8 Å². The molecule has 0 spiro atoms. The summed E-state index contributed by atoms with van der Waals surface area (Å²) in [5.41, 5.74) is 0.966. The fourth-order valence-electron chi connectivity index (χ4n) is 2.62. The van der Waals surface area contributed by atoms with Crippen molar-refractivity contribution >= 4 is 34.6 Å². The summed E-state index contributed by atoms with van der Waals surface area (Å²) in [6.07, 6.45) is 2.62. The van der Waals surface area contributed by atoms with Crippen LogP contribution in [0.1, 0.15) is 19.8 Å². The van der Waals surface area contributed by atoms with Crippen LogP contribution in [0.5, 0.6) is 0 Å². The highest BCUT2D eigenvalue weighted by Crippen LogP contribution is 2.13. The molecule has 2 atom stereocenters. The third-order valence-electron chi connectivity index (χ3n) is 3.69. The van der Waals surface area contributed by atoms with Crippen molar-refractivity contribution in [3.05, 3.63) is 29.3 Å². The molecule has 1 aromatic rings. The van der Waals surface area contributed by atoms with Crippen molar-refractivity contribution in [1.29, 1.82) is 0 Å². The van der Waals surface area contributed by atoms with E-state index in [0.717, 1.165) is 17.3 Å². The highest BCUT2D eigenvalue weighted by molar-refractivity contribution is 7.80. The average molecular weight is 299 g/mol. The third-order valence-corrected chi connectivity index (χ3v) is 4.19. The molecular weight excluding hydrogens is 278 g/mol. The second-order valence-electron chi connectivity index (χ2n) is 4.94. The number of anilines is 1. The zero-order chi connectivity index (χ0) is 13.7. The smallest absolute Gasteiger partial charge is 0.170 e. The van der Waals surface area contributed by atoms with E-state index >= 15 is 0 Å². The minimum absolute atomic E-state index is 0.685. The quantitative estimate of drug-likeness (QED) is 0.739. The molecule has 0 aliphatic carbocycles. The second kappa shape index (κ2) is 7.08. The van der Waals surface area contributed by atoms with Gasteiger partial charge in [-0.15, -0.1) is 0 Å². The summed E-state index contributed by atoms with van der Waals surface area (Å²) in [6, 6.07) is 8.25. The van der Waals surface area contributed by atoms with Crippen molar-refractivity contribution in [1.82, 2.24) is 5.32 Å². The van der Waals surface area contributed by atoms with Gasteiger partial charge in [0.1, 0.15) is 6.04 Å². The third kappa shape index (κ3) is 4.34. The first-order chi connectivity index (χ1) is 9.19. The van der Waals surface area contributed by atoms with E-state index in [1.165, 1.54) is 25.9 Å². The first kappa shape index (κ1) is 14.6. The first-order valence-corrected chi connectivity index (χ1v) is 7.62. The standard InChI is InChI=1S/C14H20ClN3S/c1-2-18-9-3-4-13(18)10-16-14(19)17-12-7-5-11(15)6-8-12/h5-8,13H,2-4,9-10H2,1H3,(H2,16,17,19)/p+1/t13-/m0/s1. The van der Waals surface area contributed by atoms with E-state index < -0.39 is 0 Å². The lowest BCUT2D eigenvalue weighted by Gasteiger charge is -2.21. The number of hydrogen-bond acceptors (Lipinski definition) is 1. The maximum absolute atomic E-state index is 5.85. The minimum atomic E-state index is 0.685. The predicted molar refractivity (Wildman–Crippen MR) is 85.1 cm³/mol. The molecule has 1 saturated heterocycles. The van der Waals surface area contributed by atoms with Gasteiger partial charge in [0.2, 0.25) is 0 Å². The zero-order valence-corrected chi connectivity index (χ0v) is 12.8. The molecule has 0 bridgehead atoms. The SMILES string of the molecule is CC[NH+]1CCC[C@H]1CNC(=S)Nc1ccc(Cl)cc1. The second-order valence-corrected chi connectivity index (χ2v) is 5.79. The van der Waals surface area contributed by atoms with Crippen LogP contribution < -0.4 is 15.5 Å². The highest BCUT2D eigenvalue weighted by atomic mass is 35.5. The average Bonchev–Trinajstić information content (AvgIpc) is 2.86. The van der Waals surface area contributed by atoms with Crippen LogP contribution in [0.15, 0.2) is 24.3 Å². The van der Waals surface area contributed by atoms with Gasteiger partial charge in [-0.3, -0.25) is 0 Å². The van der Waals surface area contributed by atoms with Gasteiger partial charge in [0.05, 0.1) is 19.6 Å². The van der Waals surface area contributed by atoms with E-state index in [1.807, 2.05) is 24.3 Å². The lowest BCUT2D eigenvalue weighted by Crippen LogP contribution is -3.14. The lowest BCUT2D eigenvalue weighted by atomic mass is 10.2. The molecule has 0 radical (unpaired) electrons. The summed E-state index contributed by atoms with van der Waals surface area (Å²) in [7, 11) is 0. The lowest BCUT2D eigenvalue weighted by molar-refractivity contribution is -0.909. The van der Waals surface area contributed by atoms with Crippen LogP contribution in [0.3, 0.4) is 0 Å². The number of halogens is 1. The molecule has 0 aromatic heterocycles. The molecule has 1 fully saturated rings. The van der Waals surface area contributed by atoms with Gasteiger partial charge in [-0.05, 0) is 43.4 Å². The molecular formula is C14H21ClN3S+. The minimum Gasteiger partial charge on any atom is -0.356 e. The molecule has 3 N–H and O–H groups in total. The van der Waals surface area contributed by atoms with Gasteiger partial charge in [-0.25, -0.2) is 0 Å². The molecule has 19 heavy (non-hydrogen) atoms. The number of nitrogens with one attached hydrogen (secondary N) is 3. The van der Waals surface area contributed by atoms with E-state index in [9.17, 15) is 0 Å². The molecule has 1 aliphatic rings. The first-order valence-electron chi connectivity index (χ1n) is 6.84. The maximum atomic E-state index is 5.85. The summed E-state index contributed by atoms with van der Waals surface area (Å²) in [4.78, 5) is 1.68. The number of likely N-dealkylation sites (tertiary alicyclic amines) is 1. The molecule has 1 heterocycles. The van der Waals surface area contributed by atoms with Gasteiger partial charge in [-0.2, -0.15) is 0 Å². The van der Waals surface area contributed by atoms with E-state index in [0.29, 0.717) is 11.2 Å². The van der Waals surface area contributed by atoms with Crippen LogP contribution in [-0.2, 0) is 0 Å². The summed E-state index contributed by atoms with van der Waals surface area (Å²) >= 11 is 11.2. The Kier molecular flexibility index (Phi) is 5.43. The van der Waals surface area contributed by atoms with Crippen molar-refractivity contribution in [3.63, 3.8) is 0 Å². The number of rotatable bonds is 4. The predicted octanol–water partition coefficient (Wildman–Crippen LogP) is 1.69. The van der Waals surface area contributed by atoms with Gasteiger partial charge in [0.15, 0.2) is 5.11 Å². The number of quaternary nitrogens is 1. The number of likely N-dealkylation sites (N-methyl/N-ethyl adjacent to an activating group) is 1. The van der Waals surface area contributed by atoms with Crippen LogP contribution >= 0.6 is 23.8 Å². The van der Waals surface area contributed by atoms with Crippen molar-refractivity contribution < 1.29 is 4.90 Å². The number of benzene rings is 1. The van der Waals surface area contributed by atoms with E-state index in [2.05, 4.69) is 17.6 Å². The van der Waals surface area contributed by atoms with Crippen LogP contribution in [0.4, 0.5) is 5.69 Å². The zero-order valence-electron chi connectivity index (χ0n) is 11.2. The molecule has 1 aliphatic heterocycles. The van der Waals surface area contributed by atoms with Gasteiger partial charge < -0.3 is 15.5 Å². The van der Waals surface area contributed by atoms with E-state index in [4.69, 9.17) is 23.8 Å². The number of hydrogen-bond donors (Lipinski definition) is 3. The van der Waals surface area contributed by atoms with E-state index in [-0.39, 0.29) is 0 Å². The Bertz CT molecular complexity index is 421. The molecule has 5 heteroatoms. The molecule has 2 rings (SSSR count). The highest BCUT2D eigenvalue weighted by Gasteiger charge is 2.26. The molecule has 0 amide bonds. The largest absolute Gasteiger partial charge is 0.356 e. The monoisotopic (exact) mass is 298 g/mol. The summed E-state index contributed by atoms with van der Waals surface area (Å²) in [5, 5.41) is 7.92. The molecule has 1 unspecified atom stereocenters. The Labute approximate surface area is 125 Å². The fraction of sp³-hybridized carbons (Fsp3) is 0.500. The molecule has 0 saturated carbocycles. The Morgan fingerprint density at radius 3 is 2.84 bits per heavy atom. The van der Waals surface area contributed by atoms with Crippen LogP contribution in [0, 0.1) is 0 Å². The van der Waals surface area contributed by atoms with Crippen molar-refractivity contribution in [2.45, 2.75) is 25.8 Å². The van der Waals surface area contributed by atoms with Gasteiger partial charge in [0, 0.05) is 23.6 Å². The van der Waals surface area contributed by atoms with Crippen molar-refractivity contribution in [3.8, 4) is 0 Å². The molecule has 3 nitrogen and oxygen atoms in total. The van der Waals surface area contributed by atoms with Crippen molar-refractivity contribution in [2.75, 3.05) is 25.0 Å². The topological polar surface area (TPSA) is 28.5 Å². The number of thiocarbonyl (C=S) groups is 1. The van der Waals surface area contributed by atoms with Crippen LogP contribution in [0.2, 0.25) is 5.02 Å². The molecule has 104 valence electrons. The fourth-order valence-corrected chi connectivity index (χ4v) is 2.95. The van der Waals surface area contributed by atoms with Gasteiger partial charge in [0.25, 0.3) is 0 Å². The Morgan fingerprint density at radius 2 is 2.16 bits per heavy atom. The summed E-state index contributed by atoms with van der Waals surface area (Å²) in [5.74, 6) is 0. The van der Waals surface area contributed by atoms with Crippen LogP contribution in [0.25, 0.3) is 0 Å². The summed E-state index contributed by atoms with van der Waals surface area (Å²) in [6.45, 7) is 5.68.